The topological polar surface area (TPSA) is 89.2 Å². The summed E-state index contributed by atoms with van der Waals surface area (Å²) in [6.45, 7) is 7.72. The number of carbonyl (C=O) groups is 1. The molecule has 2 aromatic carbocycles. The highest BCUT2D eigenvalue weighted by atomic mass is 32.2. The van der Waals surface area contributed by atoms with Crippen molar-refractivity contribution < 1.29 is 13.6 Å². The van der Waals surface area contributed by atoms with Gasteiger partial charge in [0.15, 0.2) is 0 Å². The lowest BCUT2D eigenvalue weighted by Crippen LogP contribution is -2.49. The van der Waals surface area contributed by atoms with Gasteiger partial charge in [0.1, 0.15) is 17.5 Å². The van der Waals surface area contributed by atoms with Gasteiger partial charge in [0.2, 0.25) is 5.91 Å². The van der Waals surface area contributed by atoms with Crippen LogP contribution in [0.15, 0.2) is 59.0 Å². The molecule has 0 N–H and O–H groups in total. The average Bonchev–Trinajstić information content (AvgIpc) is 3.39. The molecule has 6 rings (SSSR count). The molecule has 2 aliphatic rings. The predicted octanol–water partition coefficient (Wildman–Crippen LogP) is 3.42. The van der Waals surface area contributed by atoms with Crippen LogP contribution in [0.25, 0.3) is 22.0 Å². The predicted molar refractivity (Wildman–Crippen MR) is 145 cm³/mol. The molecule has 1 atom stereocenters. The summed E-state index contributed by atoms with van der Waals surface area (Å²) in [4.78, 5) is 34.7. The zero-order valence-corrected chi connectivity index (χ0v) is 22.0. The van der Waals surface area contributed by atoms with Crippen LogP contribution in [0.2, 0.25) is 0 Å². The largest absolute Gasteiger partial charge is 0.352 e. The lowest BCUT2D eigenvalue weighted by Gasteiger charge is -2.35. The first-order chi connectivity index (χ1) is 18.9. The van der Waals surface area contributed by atoms with Crippen LogP contribution in [0, 0.1) is 18.6 Å². The first kappa shape index (κ1) is 25.2. The number of amides is 1. The highest BCUT2D eigenvalue weighted by Crippen LogP contribution is 2.45. The number of piperazine rings is 1. The van der Waals surface area contributed by atoms with Gasteiger partial charge in [0.25, 0.3) is 0 Å². The molecule has 4 aromatic rings. The minimum atomic E-state index is -0.669. The van der Waals surface area contributed by atoms with Crippen molar-refractivity contribution in [3.63, 3.8) is 0 Å². The number of halogens is 2. The summed E-state index contributed by atoms with van der Waals surface area (Å²) in [5, 5.41) is 8.84. The number of aryl methyl sites for hydroxylation is 1. The third-order valence-electron chi connectivity index (χ3n) is 7.29. The Balaban J connectivity index is 1.56. The summed E-state index contributed by atoms with van der Waals surface area (Å²) >= 11 is 1.51. The Morgan fingerprint density at radius 3 is 2.67 bits per heavy atom. The molecule has 0 saturated carbocycles. The first-order valence-electron chi connectivity index (χ1n) is 12.5. The van der Waals surface area contributed by atoms with E-state index < -0.39 is 17.3 Å². The van der Waals surface area contributed by atoms with Crippen molar-refractivity contribution >= 4 is 34.4 Å². The second kappa shape index (κ2) is 9.92. The Bertz CT molecular complexity index is 1660. The molecule has 39 heavy (non-hydrogen) atoms. The van der Waals surface area contributed by atoms with Gasteiger partial charge in [-0.2, -0.15) is 4.98 Å². The number of rotatable bonds is 4. The van der Waals surface area contributed by atoms with E-state index in [2.05, 4.69) is 21.9 Å². The molecule has 0 spiro atoms. The number of hydrogen-bond donors (Lipinski definition) is 0. The van der Waals surface area contributed by atoms with E-state index in [0.717, 1.165) is 21.9 Å². The summed E-state index contributed by atoms with van der Waals surface area (Å²) in [5.74, 6) is -0.369. The van der Waals surface area contributed by atoms with E-state index in [1.165, 1.54) is 30.0 Å². The number of hydrogen-bond acceptors (Lipinski definition) is 7. The summed E-state index contributed by atoms with van der Waals surface area (Å²) < 4.78 is 32.3. The smallest absolute Gasteiger partial charge is 0.350 e. The van der Waals surface area contributed by atoms with Crippen LogP contribution in [-0.2, 0) is 11.3 Å². The molecule has 1 unspecified atom stereocenters. The van der Waals surface area contributed by atoms with E-state index in [-0.39, 0.29) is 17.5 Å². The van der Waals surface area contributed by atoms with E-state index in [1.807, 2.05) is 17.9 Å². The third kappa shape index (κ3) is 4.38. The minimum absolute atomic E-state index is 0.131. The number of nitrogens with zero attached hydrogens (tertiary/aromatic N) is 7. The molecule has 2 aromatic heterocycles. The third-order valence-corrected chi connectivity index (χ3v) is 8.53. The Labute approximate surface area is 226 Å². The zero-order chi connectivity index (χ0) is 27.3. The molecule has 4 heterocycles. The highest BCUT2D eigenvalue weighted by Gasteiger charge is 2.30. The Kier molecular flexibility index (Phi) is 6.42. The van der Waals surface area contributed by atoms with Crippen LogP contribution in [0.4, 0.5) is 14.6 Å². The molecule has 0 radical (unpaired) electrons. The SMILES string of the molecule is C=CC(=O)N1CCN(c2nc(=O)n3c4c(c(-c5ccc(F)cc5F)c(C)cc24)SCC(n2ccnn2)C3)CC1. The normalized spacial score (nSPS) is 17.4. The second-order valence-corrected chi connectivity index (χ2v) is 10.6. The van der Waals surface area contributed by atoms with Crippen molar-refractivity contribution in [3.05, 3.63) is 77.0 Å². The van der Waals surface area contributed by atoms with Crippen molar-refractivity contribution in [2.24, 2.45) is 0 Å². The van der Waals surface area contributed by atoms with Crippen LogP contribution < -0.4 is 10.6 Å². The highest BCUT2D eigenvalue weighted by molar-refractivity contribution is 7.99. The second-order valence-electron chi connectivity index (χ2n) is 9.61. The summed E-state index contributed by atoms with van der Waals surface area (Å²) in [6.07, 6.45) is 4.64. The van der Waals surface area contributed by atoms with Gasteiger partial charge in [-0.15, -0.1) is 16.9 Å². The molecule has 1 saturated heterocycles. The van der Waals surface area contributed by atoms with Crippen molar-refractivity contribution in [1.29, 1.82) is 0 Å². The van der Waals surface area contributed by atoms with Crippen molar-refractivity contribution in [2.45, 2.75) is 24.4 Å². The van der Waals surface area contributed by atoms with Crippen molar-refractivity contribution in [2.75, 3.05) is 36.8 Å². The van der Waals surface area contributed by atoms with Gasteiger partial charge in [-0.25, -0.2) is 18.3 Å². The zero-order valence-electron chi connectivity index (χ0n) is 21.2. The number of aromatic nitrogens is 5. The van der Waals surface area contributed by atoms with Crippen LogP contribution in [0.3, 0.4) is 0 Å². The molecule has 1 fully saturated rings. The van der Waals surface area contributed by atoms with Crippen LogP contribution in [0.5, 0.6) is 0 Å². The average molecular weight is 550 g/mol. The van der Waals surface area contributed by atoms with E-state index >= 15 is 4.39 Å². The minimum Gasteiger partial charge on any atom is -0.352 e. The maximum atomic E-state index is 15.1. The van der Waals surface area contributed by atoms with Crippen LogP contribution in [-0.4, -0.2) is 67.3 Å². The molecule has 0 aliphatic carbocycles. The van der Waals surface area contributed by atoms with Gasteiger partial charge in [-0.3, -0.25) is 9.36 Å². The molecule has 9 nitrogen and oxygen atoms in total. The molecular weight excluding hydrogens is 524 g/mol. The van der Waals surface area contributed by atoms with E-state index in [0.29, 0.717) is 55.4 Å². The molecule has 2 aliphatic heterocycles. The lowest BCUT2D eigenvalue weighted by molar-refractivity contribution is -0.126. The standard InChI is InChI=1S/C27H25F2N7O2S/c1-3-22(37)33-8-10-34(11-9-33)26-20-12-16(2)23(19-5-4-17(28)13-21(19)29)25-24(20)35(27(38)31-26)14-18(15-39-25)36-7-6-30-32-36/h3-7,12-13,18H,1,8-11,14-15H2,2H3. The van der Waals surface area contributed by atoms with Gasteiger partial charge in [-0.05, 0) is 36.8 Å². The van der Waals surface area contributed by atoms with E-state index in [4.69, 9.17) is 0 Å². The molecule has 0 bridgehead atoms. The fraction of sp³-hybridized carbons (Fsp3) is 0.296. The molecule has 200 valence electrons. The lowest BCUT2D eigenvalue weighted by atomic mass is 9.97. The fourth-order valence-corrected chi connectivity index (χ4v) is 6.77. The fourth-order valence-electron chi connectivity index (χ4n) is 5.38. The van der Waals surface area contributed by atoms with E-state index in [9.17, 15) is 14.0 Å². The monoisotopic (exact) mass is 549 g/mol. The molecule has 1 amide bonds. The van der Waals surface area contributed by atoms with Crippen LogP contribution in [0.1, 0.15) is 11.6 Å². The van der Waals surface area contributed by atoms with Gasteiger partial charge >= 0.3 is 5.69 Å². The van der Waals surface area contributed by atoms with Gasteiger partial charge in [-0.1, -0.05) is 11.8 Å². The first-order valence-corrected chi connectivity index (χ1v) is 13.5. The van der Waals surface area contributed by atoms with Gasteiger partial charge < -0.3 is 9.80 Å². The summed E-state index contributed by atoms with van der Waals surface area (Å²) in [6, 6.07) is 5.28. The number of carbonyl (C=O) groups excluding carboxylic acids is 1. The Morgan fingerprint density at radius 1 is 1.18 bits per heavy atom. The van der Waals surface area contributed by atoms with Gasteiger partial charge in [0, 0.05) is 65.6 Å². The number of thioether (sulfide) groups is 1. The number of benzene rings is 2. The quantitative estimate of drug-likeness (QED) is 0.361. The maximum absolute atomic E-state index is 15.1. The number of anilines is 1. The molecule has 12 heteroatoms. The summed E-state index contributed by atoms with van der Waals surface area (Å²) in [5.41, 5.74) is 1.91. The Morgan fingerprint density at radius 2 is 1.97 bits per heavy atom. The molecular formula is C27H25F2N7O2S. The van der Waals surface area contributed by atoms with E-state index in [1.54, 1.807) is 26.5 Å². The summed E-state index contributed by atoms with van der Waals surface area (Å²) in [7, 11) is 0. The van der Waals surface area contributed by atoms with Crippen molar-refractivity contribution in [1.82, 2.24) is 29.4 Å². The van der Waals surface area contributed by atoms with Gasteiger partial charge in [0.05, 0.1) is 24.3 Å². The maximum Gasteiger partial charge on any atom is 0.350 e. The Hall–Kier alpha value is -4.06. The van der Waals surface area contributed by atoms with Crippen LogP contribution >= 0.6 is 11.8 Å². The van der Waals surface area contributed by atoms with Crippen molar-refractivity contribution in [3.8, 4) is 11.1 Å².